The van der Waals surface area contributed by atoms with E-state index in [0.717, 1.165) is 11.1 Å². The molecule has 2 aromatic carbocycles. The predicted molar refractivity (Wildman–Crippen MR) is 131 cm³/mol. The molecule has 0 fully saturated rings. The van der Waals surface area contributed by atoms with Crippen LogP contribution in [0.2, 0.25) is 0 Å². The average molecular weight is 464 g/mol. The largest absolute Gasteiger partial charge is 0.382 e. The Morgan fingerprint density at radius 1 is 1.06 bits per heavy atom. The second kappa shape index (κ2) is 12.4. The Morgan fingerprint density at radius 3 is 2.47 bits per heavy atom. The Labute approximate surface area is 198 Å². The molecule has 178 valence electrons. The van der Waals surface area contributed by atoms with E-state index in [2.05, 4.69) is 15.6 Å². The number of nitrogens with zero attached hydrogens (tertiary/aromatic N) is 2. The molecule has 4 N–H and O–H groups in total. The van der Waals surface area contributed by atoms with Gasteiger partial charge in [-0.1, -0.05) is 42.5 Å². The summed E-state index contributed by atoms with van der Waals surface area (Å²) in [5.41, 5.74) is 8.71. The summed E-state index contributed by atoms with van der Waals surface area (Å²) < 4.78 is 6.00. The third-order valence-corrected chi connectivity index (χ3v) is 5.34. The number of carbonyl (C=O) groups is 1. The number of anilines is 2. The van der Waals surface area contributed by atoms with E-state index in [0.29, 0.717) is 37.2 Å². The van der Waals surface area contributed by atoms with Crippen molar-refractivity contribution in [3.63, 3.8) is 0 Å². The number of amides is 1. The number of nitrogens with two attached hydrogens (primary N) is 1. The van der Waals surface area contributed by atoms with E-state index in [1.54, 1.807) is 37.4 Å². The number of aromatic nitrogens is 1. The number of rotatable bonds is 12. The van der Waals surface area contributed by atoms with Crippen molar-refractivity contribution in [3.8, 4) is 0 Å². The molecule has 0 radical (unpaired) electrons. The number of nitrogens with one attached hydrogen (secondary N) is 2. The number of hydrogen-bond donors (Lipinski definition) is 3. The molecule has 34 heavy (non-hydrogen) atoms. The minimum absolute atomic E-state index is 0.254. The molecule has 0 spiro atoms. The van der Waals surface area contributed by atoms with Crippen molar-refractivity contribution in [1.29, 1.82) is 0 Å². The molecule has 1 aromatic heterocycles. The second-order valence-electron chi connectivity index (χ2n) is 7.97. The molecule has 9 heteroatoms. The first kappa shape index (κ1) is 24.8. The molecule has 0 bridgehead atoms. The SMILES string of the molecule is CC(CCC(NCc1ccc(C(=O)Nc2cccnc2N)cc1)OCc1ccccc1)[N+](=O)[O-]. The van der Waals surface area contributed by atoms with Gasteiger partial charge in [0.05, 0.1) is 12.3 Å². The lowest BCUT2D eigenvalue weighted by atomic mass is 10.1. The quantitative estimate of drug-likeness (QED) is 0.210. The molecule has 9 nitrogen and oxygen atoms in total. The minimum atomic E-state index is -0.642. The van der Waals surface area contributed by atoms with Gasteiger partial charge in [-0.2, -0.15) is 0 Å². The van der Waals surface area contributed by atoms with E-state index in [9.17, 15) is 14.9 Å². The van der Waals surface area contributed by atoms with Gasteiger partial charge in [0.2, 0.25) is 6.04 Å². The topological polar surface area (TPSA) is 132 Å². The molecule has 0 aliphatic carbocycles. The van der Waals surface area contributed by atoms with Crippen LogP contribution in [0.1, 0.15) is 41.3 Å². The molecule has 1 heterocycles. The fourth-order valence-corrected chi connectivity index (χ4v) is 3.24. The van der Waals surface area contributed by atoms with Crippen molar-refractivity contribution in [2.45, 2.75) is 45.2 Å². The van der Waals surface area contributed by atoms with Crippen LogP contribution < -0.4 is 16.4 Å². The summed E-state index contributed by atoms with van der Waals surface area (Å²) in [6.45, 7) is 2.49. The second-order valence-corrected chi connectivity index (χ2v) is 7.97. The van der Waals surface area contributed by atoms with Gasteiger partial charge in [-0.3, -0.25) is 20.2 Å². The zero-order valence-corrected chi connectivity index (χ0v) is 19.0. The number of ether oxygens (including phenoxy) is 1. The van der Waals surface area contributed by atoms with Gasteiger partial charge in [0.1, 0.15) is 12.0 Å². The predicted octanol–water partition coefficient (Wildman–Crippen LogP) is 3.99. The number of pyridine rings is 1. The summed E-state index contributed by atoms with van der Waals surface area (Å²) in [6, 6.07) is 19.7. The summed E-state index contributed by atoms with van der Waals surface area (Å²) in [4.78, 5) is 27.2. The van der Waals surface area contributed by atoms with E-state index in [1.165, 1.54) is 0 Å². The normalized spacial score (nSPS) is 12.6. The standard InChI is InChI=1S/C25H29N5O4/c1-18(30(32)33)9-14-23(34-17-20-6-3-2-4-7-20)28-16-19-10-12-21(13-11-19)25(31)29-22-8-5-15-27-24(22)26/h2-8,10-13,15,18,23,28H,9,14,16-17H2,1H3,(H2,26,27)(H,29,31). The average Bonchev–Trinajstić information content (AvgIpc) is 2.85. The van der Waals surface area contributed by atoms with Crippen LogP contribution in [-0.4, -0.2) is 28.1 Å². The van der Waals surface area contributed by atoms with Crippen LogP contribution in [-0.2, 0) is 17.9 Å². The molecule has 2 atom stereocenters. The summed E-state index contributed by atoms with van der Waals surface area (Å²) >= 11 is 0. The summed E-state index contributed by atoms with van der Waals surface area (Å²) in [5, 5.41) is 17.1. The van der Waals surface area contributed by atoms with Crippen molar-refractivity contribution in [3.05, 3.63) is 99.7 Å². The van der Waals surface area contributed by atoms with Crippen molar-refractivity contribution >= 4 is 17.4 Å². The highest BCUT2D eigenvalue weighted by Gasteiger charge is 2.17. The highest BCUT2D eigenvalue weighted by Crippen LogP contribution is 2.16. The number of benzene rings is 2. The Hall–Kier alpha value is -3.82. The first-order valence-electron chi connectivity index (χ1n) is 11.1. The maximum Gasteiger partial charge on any atom is 0.255 e. The van der Waals surface area contributed by atoms with Gasteiger partial charge in [0.15, 0.2) is 0 Å². The minimum Gasteiger partial charge on any atom is -0.382 e. The molecular weight excluding hydrogens is 434 g/mol. The van der Waals surface area contributed by atoms with E-state index in [1.807, 2.05) is 42.5 Å². The van der Waals surface area contributed by atoms with Crippen LogP contribution in [0.25, 0.3) is 0 Å². The fourth-order valence-electron chi connectivity index (χ4n) is 3.24. The van der Waals surface area contributed by atoms with Crippen LogP contribution in [0.15, 0.2) is 72.9 Å². The van der Waals surface area contributed by atoms with Gasteiger partial charge in [-0.25, -0.2) is 4.98 Å². The molecule has 0 saturated carbocycles. The number of nitro groups is 1. The third-order valence-electron chi connectivity index (χ3n) is 5.34. The monoisotopic (exact) mass is 463 g/mol. The third kappa shape index (κ3) is 7.65. The maximum atomic E-state index is 12.5. The lowest BCUT2D eigenvalue weighted by Crippen LogP contribution is -2.33. The molecule has 0 saturated heterocycles. The zero-order valence-electron chi connectivity index (χ0n) is 19.0. The molecule has 0 aliphatic heterocycles. The van der Waals surface area contributed by atoms with Gasteiger partial charge in [-0.15, -0.1) is 0 Å². The summed E-state index contributed by atoms with van der Waals surface area (Å²) in [7, 11) is 0. The fraction of sp³-hybridized carbons (Fsp3) is 0.280. The van der Waals surface area contributed by atoms with Gasteiger partial charge in [-0.05, 0) is 41.8 Å². The first-order valence-corrected chi connectivity index (χ1v) is 11.1. The lowest BCUT2D eigenvalue weighted by Gasteiger charge is -2.20. The van der Waals surface area contributed by atoms with Crippen molar-refractivity contribution in [2.24, 2.45) is 0 Å². The molecule has 3 rings (SSSR count). The van der Waals surface area contributed by atoms with Gasteiger partial charge in [0, 0.05) is 36.6 Å². The molecule has 3 aromatic rings. The van der Waals surface area contributed by atoms with Crippen molar-refractivity contribution in [1.82, 2.24) is 10.3 Å². The summed E-state index contributed by atoms with van der Waals surface area (Å²) in [5.74, 6) is -0.0262. The number of nitrogen functional groups attached to an aromatic ring is 1. The van der Waals surface area contributed by atoms with Gasteiger partial charge < -0.3 is 15.8 Å². The van der Waals surface area contributed by atoms with Crippen LogP contribution >= 0.6 is 0 Å². The van der Waals surface area contributed by atoms with Gasteiger partial charge >= 0.3 is 0 Å². The Kier molecular flexibility index (Phi) is 9.07. The molecule has 0 aliphatic rings. The molecule has 1 amide bonds. The Bertz CT molecular complexity index is 1080. The Balaban J connectivity index is 1.56. The lowest BCUT2D eigenvalue weighted by molar-refractivity contribution is -0.519. The highest BCUT2D eigenvalue weighted by molar-refractivity contribution is 6.05. The van der Waals surface area contributed by atoms with E-state index in [4.69, 9.17) is 10.5 Å². The van der Waals surface area contributed by atoms with Crippen LogP contribution in [0.4, 0.5) is 11.5 Å². The van der Waals surface area contributed by atoms with E-state index in [-0.39, 0.29) is 22.9 Å². The molecular formula is C25H29N5O4. The number of carbonyl (C=O) groups excluding carboxylic acids is 1. The highest BCUT2D eigenvalue weighted by atomic mass is 16.6. The zero-order chi connectivity index (χ0) is 24.3. The van der Waals surface area contributed by atoms with Gasteiger partial charge in [0.25, 0.3) is 5.91 Å². The van der Waals surface area contributed by atoms with E-state index >= 15 is 0 Å². The molecule has 2 unspecified atom stereocenters. The smallest absolute Gasteiger partial charge is 0.255 e. The summed E-state index contributed by atoms with van der Waals surface area (Å²) in [6.07, 6.45) is 2.11. The van der Waals surface area contributed by atoms with Crippen molar-refractivity contribution in [2.75, 3.05) is 11.1 Å². The van der Waals surface area contributed by atoms with Crippen LogP contribution in [0, 0.1) is 10.1 Å². The van der Waals surface area contributed by atoms with Crippen molar-refractivity contribution < 1.29 is 14.5 Å². The van der Waals surface area contributed by atoms with Crippen LogP contribution in [0.5, 0.6) is 0 Å². The van der Waals surface area contributed by atoms with Crippen LogP contribution in [0.3, 0.4) is 0 Å². The first-order chi connectivity index (χ1) is 16.4. The Morgan fingerprint density at radius 2 is 1.79 bits per heavy atom. The van der Waals surface area contributed by atoms with E-state index < -0.39 is 6.04 Å². The maximum absolute atomic E-state index is 12.5. The number of hydrogen-bond acceptors (Lipinski definition) is 7.